The standard InChI is InChI=1S/C12H16ClN3O/c13-11-9(4-3-7-15-11)16-10(17)8-12(14)5-1-2-6-12/h3-4,7H,1-2,5-6,8,14H2,(H,16,17). The van der Waals surface area contributed by atoms with Crippen molar-refractivity contribution in [2.24, 2.45) is 5.73 Å². The number of hydrogen-bond acceptors (Lipinski definition) is 3. The van der Waals surface area contributed by atoms with Crippen LogP contribution in [-0.2, 0) is 4.79 Å². The first-order valence-corrected chi connectivity index (χ1v) is 6.16. The van der Waals surface area contributed by atoms with Gasteiger partial charge in [-0.15, -0.1) is 0 Å². The molecule has 5 heteroatoms. The quantitative estimate of drug-likeness (QED) is 0.813. The molecule has 0 aliphatic heterocycles. The van der Waals surface area contributed by atoms with Gasteiger partial charge in [0, 0.05) is 18.2 Å². The van der Waals surface area contributed by atoms with Crippen molar-refractivity contribution in [1.29, 1.82) is 0 Å². The van der Waals surface area contributed by atoms with Crippen LogP contribution in [-0.4, -0.2) is 16.4 Å². The first kappa shape index (κ1) is 12.3. The Kier molecular flexibility index (Phi) is 3.64. The number of pyridine rings is 1. The highest BCUT2D eigenvalue weighted by molar-refractivity contribution is 6.32. The van der Waals surface area contributed by atoms with Gasteiger partial charge in [-0.05, 0) is 25.0 Å². The summed E-state index contributed by atoms with van der Waals surface area (Å²) in [6.45, 7) is 0. The number of amides is 1. The Labute approximate surface area is 106 Å². The molecule has 1 aliphatic rings. The lowest BCUT2D eigenvalue weighted by atomic mass is 9.94. The summed E-state index contributed by atoms with van der Waals surface area (Å²) in [4.78, 5) is 15.7. The maximum absolute atomic E-state index is 11.8. The Morgan fingerprint density at radius 1 is 1.53 bits per heavy atom. The second kappa shape index (κ2) is 5.02. The summed E-state index contributed by atoms with van der Waals surface area (Å²) in [5.74, 6) is -0.0932. The summed E-state index contributed by atoms with van der Waals surface area (Å²) < 4.78 is 0. The Morgan fingerprint density at radius 2 is 2.24 bits per heavy atom. The lowest BCUT2D eigenvalue weighted by Gasteiger charge is -2.22. The van der Waals surface area contributed by atoms with Crippen LogP contribution in [0.25, 0.3) is 0 Å². The molecule has 0 bridgehead atoms. The molecule has 1 aromatic rings. The number of anilines is 1. The maximum Gasteiger partial charge on any atom is 0.226 e. The molecule has 1 saturated carbocycles. The van der Waals surface area contributed by atoms with Gasteiger partial charge >= 0.3 is 0 Å². The van der Waals surface area contributed by atoms with Gasteiger partial charge in [-0.2, -0.15) is 0 Å². The number of rotatable bonds is 3. The molecule has 92 valence electrons. The minimum Gasteiger partial charge on any atom is -0.325 e. The number of halogens is 1. The molecule has 17 heavy (non-hydrogen) atoms. The van der Waals surface area contributed by atoms with E-state index in [0.29, 0.717) is 17.3 Å². The third-order valence-electron chi connectivity index (χ3n) is 3.15. The normalized spacial score (nSPS) is 18.0. The van der Waals surface area contributed by atoms with Crippen LogP contribution in [0.5, 0.6) is 0 Å². The molecule has 0 saturated heterocycles. The molecule has 0 aromatic carbocycles. The van der Waals surface area contributed by atoms with E-state index in [2.05, 4.69) is 10.3 Å². The van der Waals surface area contributed by atoms with Crippen LogP contribution in [0.4, 0.5) is 5.69 Å². The molecule has 0 spiro atoms. The van der Waals surface area contributed by atoms with Crippen LogP contribution in [0.15, 0.2) is 18.3 Å². The number of nitrogens with one attached hydrogen (secondary N) is 1. The van der Waals surface area contributed by atoms with Gasteiger partial charge in [-0.25, -0.2) is 4.98 Å². The first-order chi connectivity index (χ1) is 8.09. The van der Waals surface area contributed by atoms with Crippen LogP contribution in [0.3, 0.4) is 0 Å². The highest BCUT2D eigenvalue weighted by atomic mass is 35.5. The van der Waals surface area contributed by atoms with E-state index in [9.17, 15) is 4.79 Å². The second-order valence-corrected chi connectivity index (χ2v) is 4.99. The maximum atomic E-state index is 11.8. The van der Waals surface area contributed by atoms with Gasteiger partial charge in [0.2, 0.25) is 5.91 Å². The van der Waals surface area contributed by atoms with Crippen LogP contribution < -0.4 is 11.1 Å². The fourth-order valence-electron chi connectivity index (χ4n) is 2.25. The van der Waals surface area contributed by atoms with Crippen molar-refractivity contribution in [1.82, 2.24) is 4.98 Å². The Hall–Kier alpha value is -1.13. The van der Waals surface area contributed by atoms with E-state index in [1.165, 1.54) is 0 Å². The van der Waals surface area contributed by atoms with E-state index in [1.807, 2.05) is 0 Å². The van der Waals surface area contributed by atoms with E-state index >= 15 is 0 Å². The number of nitrogens with zero attached hydrogens (tertiary/aromatic N) is 1. The van der Waals surface area contributed by atoms with Crippen molar-refractivity contribution < 1.29 is 4.79 Å². The van der Waals surface area contributed by atoms with Crippen molar-refractivity contribution >= 4 is 23.2 Å². The Balaban J connectivity index is 1.96. The van der Waals surface area contributed by atoms with Gasteiger partial charge in [0.1, 0.15) is 0 Å². The minimum absolute atomic E-state index is 0.0932. The van der Waals surface area contributed by atoms with Gasteiger partial charge in [-0.3, -0.25) is 4.79 Å². The molecule has 1 aliphatic carbocycles. The molecule has 2 rings (SSSR count). The summed E-state index contributed by atoms with van der Waals surface area (Å²) in [6.07, 6.45) is 5.98. The highest BCUT2D eigenvalue weighted by Crippen LogP contribution is 2.30. The van der Waals surface area contributed by atoms with Gasteiger partial charge < -0.3 is 11.1 Å². The van der Waals surface area contributed by atoms with Gasteiger partial charge in [0.15, 0.2) is 5.15 Å². The SMILES string of the molecule is NC1(CC(=O)Nc2cccnc2Cl)CCCC1. The third-order valence-corrected chi connectivity index (χ3v) is 3.45. The summed E-state index contributed by atoms with van der Waals surface area (Å²) in [7, 11) is 0. The second-order valence-electron chi connectivity index (χ2n) is 4.64. The molecular formula is C12H16ClN3O. The van der Waals surface area contributed by atoms with Crippen LogP contribution in [0.2, 0.25) is 5.15 Å². The molecule has 1 heterocycles. The number of hydrogen-bond donors (Lipinski definition) is 2. The van der Waals surface area contributed by atoms with Gasteiger partial charge in [0.05, 0.1) is 5.69 Å². The van der Waals surface area contributed by atoms with Crippen molar-refractivity contribution in [3.05, 3.63) is 23.5 Å². The van der Waals surface area contributed by atoms with E-state index in [-0.39, 0.29) is 11.4 Å². The van der Waals surface area contributed by atoms with Crippen LogP contribution >= 0.6 is 11.6 Å². The zero-order valence-electron chi connectivity index (χ0n) is 9.58. The lowest BCUT2D eigenvalue weighted by molar-refractivity contribution is -0.117. The predicted octanol–water partition coefficient (Wildman–Crippen LogP) is 2.34. The monoisotopic (exact) mass is 253 g/mol. The summed E-state index contributed by atoms with van der Waals surface area (Å²) in [6, 6.07) is 3.46. The topological polar surface area (TPSA) is 68.0 Å². The largest absolute Gasteiger partial charge is 0.325 e. The van der Waals surface area contributed by atoms with Gasteiger partial charge in [-0.1, -0.05) is 24.4 Å². The molecular weight excluding hydrogens is 238 g/mol. The smallest absolute Gasteiger partial charge is 0.226 e. The van der Waals surface area contributed by atoms with E-state index < -0.39 is 0 Å². The van der Waals surface area contributed by atoms with Crippen molar-refractivity contribution in [3.8, 4) is 0 Å². The fraction of sp³-hybridized carbons (Fsp3) is 0.500. The van der Waals surface area contributed by atoms with Crippen molar-refractivity contribution in [3.63, 3.8) is 0 Å². The van der Waals surface area contributed by atoms with Crippen LogP contribution in [0.1, 0.15) is 32.1 Å². The van der Waals surface area contributed by atoms with Gasteiger partial charge in [0.25, 0.3) is 0 Å². The fourth-order valence-corrected chi connectivity index (χ4v) is 2.42. The van der Waals surface area contributed by atoms with E-state index in [1.54, 1.807) is 18.3 Å². The molecule has 1 fully saturated rings. The molecule has 0 unspecified atom stereocenters. The zero-order valence-corrected chi connectivity index (χ0v) is 10.3. The van der Waals surface area contributed by atoms with Crippen molar-refractivity contribution in [2.45, 2.75) is 37.6 Å². The third kappa shape index (κ3) is 3.17. The van der Waals surface area contributed by atoms with Crippen molar-refractivity contribution in [2.75, 3.05) is 5.32 Å². The number of carbonyl (C=O) groups excluding carboxylic acids is 1. The summed E-state index contributed by atoms with van der Waals surface area (Å²) in [5.41, 5.74) is 6.35. The Bertz CT molecular complexity index is 416. The molecule has 1 amide bonds. The molecule has 1 aromatic heterocycles. The number of carbonyl (C=O) groups is 1. The number of nitrogens with two attached hydrogens (primary N) is 1. The average molecular weight is 254 g/mol. The first-order valence-electron chi connectivity index (χ1n) is 5.78. The molecule has 3 N–H and O–H groups in total. The molecule has 0 atom stereocenters. The highest BCUT2D eigenvalue weighted by Gasteiger charge is 2.31. The lowest BCUT2D eigenvalue weighted by Crippen LogP contribution is -2.40. The summed E-state index contributed by atoms with van der Waals surface area (Å²) >= 11 is 5.86. The van der Waals surface area contributed by atoms with Crippen LogP contribution in [0, 0.1) is 0 Å². The Morgan fingerprint density at radius 3 is 2.88 bits per heavy atom. The minimum atomic E-state index is -0.335. The van der Waals surface area contributed by atoms with E-state index in [4.69, 9.17) is 17.3 Å². The average Bonchev–Trinajstić information content (AvgIpc) is 2.68. The predicted molar refractivity (Wildman–Crippen MR) is 67.9 cm³/mol. The molecule has 4 nitrogen and oxygen atoms in total. The number of aromatic nitrogens is 1. The molecule has 0 radical (unpaired) electrons. The van der Waals surface area contributed by atoms with E-state index in [0.717, 1.165) is 25.7 Å². The summed E-state index contributed by atoms with van der Waals surface area (Å²) in [5, 5.41) is 3.05. The zero-order chi connectivity index (χ0) is 12.3.